The average molecular weight is 349 g/mol. The fourth-order valence-electron chi connectivity index (χ4n) is 2.49. The van der Waals surface area contributed by atoms with Gasteiger partial charge in [0.15, 0.2) is 0 Å². The SMILES string of the molecule is O=C(O)c1cc(-c2ccc(OCc3ccccc3)cc2)cc([N+](=O)[O-])c1. The van der Waals surface area contributed by atoms with Gasteiger partial charge in [-0.3, -0.25) is 10.1 Å². The lowest BCUT2D eigenvalue weighted by atomic mass is 10.0. The minimum atomic E-state index is -1.21. The summed E-state index contributed by atoms with van der Waals surface area (Å²) in [6.07, 6.45) is 0. The van der Waals surface area contributed by atoms with Crippen LogP contribution in [-0.2, 0) is 6.61 Å². The van der Waals surface area contributed by atoms with E-state index in [2.05, 4.69) is 0 Å². The Morgan fingerprint density at radius 3 is 2.27 bits per heavy atom. The summed E-state index contributed by atoms with van der Waals surface area (Å²) in [6.45, 7) is 0.431. The van der Waals surface area contributed by atoms with Crippen molar-refractivity contribution >= 4 is 11.7 Å². The molecule has 0 fully saturated rings. The molecule has 0 aliphatic rings. The van der Waals surface area contributed by atoms with Crippen LogP contribution < -0.4 is 4.74 Å². The summed E-state index contributed by atoms with van der Waals surface area (Å²) in [4.78, 5) is 21.6. The molecule has 0 saturated heterocycles. The van der Waals surface area contributed by atoms with E-state index in [0.717, 1.165) is 11.6 Å². The van der Waals surface area contributed by atoms with E-state index in [1.807, 2.05) is 30.3 Å². The summed E-state index contributed by atoms with van der Waals surface area (Å²) in [7, 11) is 0. The van der Waals surface area contributed by atoms with Crippen LogP contribution in [0.3, 0.4) is 0 Å². The number of hydrogen-bond acceptors (Lipinski definition) is 4. The van der Waals surface area contributed by atoms with Crippen molar-refractivity contribution in [2.24, 2.45) is 0 Å². The number of nitro benzene ring substituents is 1. The second kappa shape index (κ2) is 7.48. The quantitative estimate of drug-likeness (QED) is 0.521. The summed E-state index contributed by atoms with van der Waals surface area (Å²) in [5.74, 6) is -0.556. The molecule has 0 aromatic heterocycles. The number of carbonyl (C=O) groups is 1. The van der Waals surface area contributed by atoms with E-state index in [4.69, 9.17) is 9.84 Å². The first-order chi connectivity index (χ1) is 12.5. The maximum absolute atomic E-state index is 11.2. The Bertz CT molecular complexity index is 904. The number of aromatic carboxylic acids is 1. The molecule has 0 unspecified atom stereocenters. The van der Waals surface area contributed by atoms with E-state index in [1.54, 1.807) is 24.3 Å². The van der Waals surface area contributed by atoms with Crippen LogP contribution in [-0.4, -0.2) is 16.0 Å². The highest BCUT2D eigenvalue weighted by Gasteiger charge is 2.14. The van der Waals surface area contributed by atoms with Gasteiger partial charge in [0.25, 0.3) is 5.69 Å². The second-order valence-electron chi connectivity index (χ2n) is 5.63. The number of nitro groups is 1. The van der Waals surface area contributed by atoms with Crippen LogP contribution in [0.15, 0.2) is 72.8 Å². The lowest BCUT2D eigenvalue weighted by Gasteiger charge is -2.08. The van der Waals surface area contributed by atoms with Gasteiger partial charge in [0.2, 0.25) is 0 Å². The zero-order valence-electron chi connectivity index (χ0n) is 13.7. The Morgan fingerprint density at radius 2 is 1.65 bits per heavy atom. The van der Waals surface area contributed by atoms with Crippen molar-refractivity contribution in [1.82, 2.24) is 0 Å². The molecule has 0 radical (unpaired) electrons. The molecule has 0 aliphatic heterocycles. The maximum Gasteiger partial charge on any atom is 0.335 e. The third-order valence-corrected chi connectivity index (χ3v) is 3.81. The number of hydrogen-bond donors (Lipinski definition) is 1. The number of non-ortho nitro benzene ring substituents is 1. The third kappa shape index (κ3) is 4.05. The van der Waals surface area contributed by atoms with Crippen LogP contribution >= 0.6 is 0 Å². The number of ether oxygens (including phenoxy) is 1. The molecule has 6 heteroatoms. The molecule has 0 aliphatic carbocycles. The Balaban J connectivity index is 1.81. The first-order valence-corrected chi connectivity index (χ1v) is 7.83. The average Bonchev–Trinajstić information content (AvgIpc) is 2.67. The van der Waals surface area contributed by atoms with Crippen molar-refractivity contribution in [2.75, 3.05) is 0 Å². The topological polar surface area (TPSA) is 89.7 Å². The summed E-state index contributed by atoms with van der Waals surface area (Å²) < 4.78 is 5.70. The second-order valence-corrected chi connectivity index (χ2v) is 5.63. The van der Waals surface area contributed by atoms with Crippen molar-refractivity contribution in [3.63, 3.8) is 0 Å². The number of rotatable bonds is 6. The van der Waals surface area contributed by atoms with E-state index in [-0.39, 0.29) is 11.3 Å². The summed E-state index contributed by atoms with van der Waals surface area (Å²) >= 11 is 0. The fraction of sp³-hybridized carbons (Fsp3) is 0.0500. The van der Waals surface area contributed by atoms with Gasteiger partial charge in [-0.05, 0) is 34.9 Å². The van der Waals surface area contributed by atoms with Crippen LogP contribution in [0.4, 0.5) is 5.69 Å². The molecule has 26 heavy (non-hydrogen) atoms. The predicted molar refractivity (Wildman–Crippen MR) is 96.3 cm³/mol. The van der Waals surface area contributed by atoms with Crippen molar-refractivity contribution < 1.29 is 19.6 Å². The van der Waals surface area contributed by atoms with Crippen LogP contribution in [0, 0.1) is 10.1 Å². The first kappa shape index (κ1) is 17.2. The van der Waals surface area contributed by atoms with Gasteiger partial charge in [0, 0.05) is 12.1 Å². The highest BCUT2D eigenvalue weighted by molar-refractivity contribution is 5.90. The van der Waals surface area contributed by atoms with E-state index >= 15 is 0 Å². The Hall–Kier alpha value is -3.67. The van der Waals surface area contributed by atoms with E-state index < -0.39 is 10.9 Å². The van der Waals surface area contributed by atoms with Crippen molar-refractivity contribution in [3.8, 4) is 16.9 Å². The number of benzene rings is 3. The number of carboxylic acids is 1. The van der Waals surface area contributed by atoms with E-state index in [1.165, 1.54) is 12.1 Å². The van der Waals surface area contributed by atoms with Gasteiger partial charge in [-0.1, -0.05) is 42.5 Å². The van der Waals surface area contributed by atoms with Crippen molar-refractivity contribution in [3.05, 3.63) is 94.0 Å². The molecule has 0 saturated carbocycles. The largest absolute Gasteiger partial charge is 0.489 e. The van der Waals surface area contributed by atoms with Gasteiger partial charge in [-0.25, -0.2) is 4.79 Å². The molecular weight excluding hydrogens is 334 g/mol. The molecule has 0 bridgehead atoms. The monoisotopic (exact) mass is 349 g/mol. The fourth-order valence-corrected chi connectivity index (χ4v) is 2.49. The molecule has 0 heterocycles. The van der Waals surface area contributed by atoms with Gasteiger partial charge >= 0.3 is 5.97 Å². The highest BCUT2D eigenvalue weighted by atomic mass is 16.6. The molecular formula is C20H15NO5. The highest BCUT2D eigenvalue weighted by Crippen LogP contribution is 2.28. The zero-order valence-corrected chi connectivity index (χ0v) is 13.7. The van der Waals surface area contributed by atoms with Crippen LogP contribution in [0.1, 0.15) is 15.9 Å². The van der Waals surface area contributed by atoms with E-state index in [0.29, 0.717) is 23.5 Å². The molecule has 0 spiro atoms. The Kier molecular flexibility index (Phi) is 4.94. The van der Waals surface area contributed by atoms with Crippen molar-refractivity contribution in [2.45, 2.75) is 6.61 Å². The van der Waals surface area contributed by atoms with Crippen molar-refractivity contribution in [1.29, 1.82) is 0 Å². The molecule has 3 aromatic carbocycles. The summed E-state index contributed by atoms with van der Waals surface area (Å²) in [5.41, 5.74) is 1.79. The van der Waals surface area contributed by atoms with Crippen LogP contribution in [0.5, 0.6) is 5.75 Å². The Labute approximate surface area is 149 Å². The van der Waals surface area contributed by atoms with Gasteiger partial charge in [0.05, 0.1) is 10.5 Å². The minimum absolute atomic E-state index is 0.126. The summed E-state index contributed by atoms with van der Waals surface area (Å²) in [6, 6.07) is 20.5. The van der Waals surface area contributed by atoms with Gasteiger partial charge in [0.1, 0.15) is 12.4 Å². The lowest BCUT2D eigenvalue weighted by Crippen LogP contribution is -1.99. The third-order valence-electron chi connectivity index (χ3n) is 3.81. The number of carboxylic acid groups (broad SMARTS) is 1. The minimum Gasteiger partial charge on any atom is -0.489 e. The lowest BCUT2D eigenvalue weighted by molar-refractivity contribution is -0.384. The van der Waals surface area contributed by atoms with Gasteiger partial charge < -0.3 is 9.84 Å². The molecule has 3 aromatic rings. The maximum atomic E-state index is 11.2. The molecule has 0 atom stereocenters. The molecule has 1 N–H and O–H groups in total. The standard InChI is InChI=1S/C20H15NO5/c22-20(23)17-10-16(11-18(12-17)21(24)25)15-6-8-19(9-7-15)26-13-14-4-2-1-3-5-14/h1-12H,13H2,(H,22,23). The molecule has 0 amide bonds. The molecule has 130 valence electrons. The van der Waals surface area contributed by atoms with Gasteiger partial charge in [-0.2, -0.15) is 0 Å². The summed E-state index contributed by atoms with van der Waals surface area (Å²) in [5, 5.41) is 20.2. The molecule has 3 rings (SSSR count). The first-order valence-electron chi connectivity index (χ1n) is 7.83. The Morgan fingerprint density at radius 1 is 0.962 bits per heavy atom. The predicted octanol–water partition coefficient (Wildman–Crippen LogP) is 4.54. The van der Waals surface area contributed by atoms with E-state index in [9.17, 15) is 14.9 Å². The normalized spacial score (nSPS) is 10.3. The smallest absolute Gasteiger partial charge is 0.335 e. The van der Waals surface area contributed by atoms with Gasteiger partial charge in [-0.15, -0.1) is 0 Å². The van der Waals surface area contributed by atoms with Crippen LogP contribution in [0.2, 0.25) is 0 Å². The number of nitrogens with zero attached hydrogens (tertiary/aromatic N) is 1. The molecule has 6 nitrogen and oxygen atoms in total. The zero-order chi connectivity index (χ0) is 18.5. The van der Waals surface area contributed by atoms with Crippen LogP contribution in [0.25, 0.3) is 11.1 Å².